The van der Waals surface area contributed by atoms with Crippen LogP contribution in [-0.4, -0.2) is 28.3 Å². The third-order valence-corrected chi connectivity index (χ3v) is 4.47. The van der Waals surface area contributed by atoms with E-state index in [-0.39, 0.29) is 0 Å². The summed E-state index contributed by atoms with van der Waals surface area (Å²) in [4.78, 5) is 11.4. The van der Waals surface area contributed by atoms with Gasteiger partial charge in [-0.25, -0.2) is 0 Å². The molecule has 0 saturated carbocycles. The van der Waals surface area contributed by atoms with Gasteiger partial charge in [0.25, 0.3) is 0 Å². The number of Topliss-reactive ketones (excluding diaryl/α,β-unsaturated/α-hetero) is 1. The molecule has 0 bridgehead atoms. The molecule has 1 atom stereocenters. The van der Waals surface area contributed by atoms with E-state index in [4.69, 9.17) is 0 Å². The number of hydrogen-bond donors (Lipinski definition) is 0. The third-order valence-electron chi connectivity index (χ3n) is 1.67. The number of carbonyl (C=O) groups excluding carboxylic acids is 1. The molecular weight excluding hydrogens is 176 g/mol. The highest BCUT2D eigenvalue weighted by molar-refractivity contribution is 8.07. The molecule has 0 N–H and O–H groups in total. The summed E-state index contributed by atoms with van der Waals surface area (Å²) < 4.78 is 0. The zero-order valence-corrected chi connectivity index (χ0v) is 8.47. The molecule has 64 valence electrons. The van der Waals surface area contributed by atoms with Gasteiger partial charge < -0.3 is 0 Å². The summed E-state index contributed by atoms with van der Waals surface area (Å²) in [6.45, 7) is 2.07. The molecule has 1 fully saturated rings. The Hall–Kier alpha value is 0.370. The smallest absolute Gasteiger partial charge is 0.146 e. The van der Waals surface area contributed by atoms with Gasteiger partial charge in [0, 0.05) is 23.7 Å². The molecule has 3 heteroatoms. The first-order chi connectivity index (χ1) is 5.34. The minimum Gasteiger partial charge on any atom is -0.298 e. The summed E-state index contributed by atoms with van der Waals surface area (Å²) >= 11 is 3.76. The van der Waals surface area contributed by atoms with Gasteiger partial charge in [-0.15, -0.1) is 11.8 Å². The third kappa shape index (κ3) is 3.08. The summed E-state index contributed by atoms with van der Waals surface area (Å²) in [6.07, 6.45) is 1.78. The quantitative estimate of drug-likeness (QED) is 0.679. The van der Waals surface area contributed by atoms with Gasteiger partial charge in [-0.2, -0.15) is 11.8 Å². The van der Waals surface area contributed by atoms with Gasteiger partial charge >= 0.3 is 0 Å². The molecule has 1 saturated heterocycles. The van der Waals surface area contributed by atoms with Crippen molar-refractivity contribution in [1.82, 2.24) is 0 Å². The van der Waals surface area contributed by atoms with E-state index in [1.807, 2.05) is 23.5 Å². The second kappa shape index (κ2) is 5.09. The molecule has 0 aromatic rings. The molecule has 1 rings (SSSR count). The predicted molar refractivity (Wildman–Crippen MR) is 53.5 cm³/mol. The average Bonchev–Trinajstić information content (AvgIpc) is 2.07. The number of ketones is 1. The molecule has 0 aromatic heterocycles. The summed E-state index contributed by atoms with van der Waals surface area (Å²) in [6, 6.07) is 0. The van der Waals surface area contributed by atoms with E-state index in [2.05, 4.69) is 6.92 Å². The molecular formula is C8H14OS2. The topological polar surface area (TPSA) is 17.1 Å². The minimum atomic E-state index is 0.314. The van der Waals surface area contributed by atoms with Crippen molar-refractivity contribution in [2.45, 2.75) is 25.0 Å². The van der Waals surface area contributed by atoms with Gasteiger partial charge in [-0.3, -0.25) is 4.79 Å². The second-order valence-corrected chi connectivity index (χ2v) is 5.11. The van der Waals surface area contributed by atoms with Crippen LogP contribution < -0.4 is 0 Å². The summed E-state index contributed by atoms with van der Waals surface area (Å²) in [5.74, 6) is 3.89. The van der Waals surface area contributed by atoms with Crippen LogP contribution in [0.2, 0.25) is 0 Å². The Morgan fingerprint density at radius 3 is 2.91 bits per heavy atom. The van der Waals surface area contributed by atoms with Crippen molar-refractivity contribution < 1.29 is 4.79 Å². The van der Waals surface area contributed by atoms with Crippen molar-refractivity contribution in [2.75, 3.05) is 17.3 Å². The van der Waals surface area contributed by atoms with Gasteiger partial charge in [-0.05, 0) is 6.42 Å². The van der Waals surface area contributed by atoms with Crippen LogP contribution in [0.5, 0.6) is 0 Å². The van der Waals surface area contributed by atoms with Gasteiger partial charge in [-0.1, -0.05) is 6.92 Å². The molecule has 0 spiro atoms. The van der Waals surface area contributed by atoms with E-state index >= 15 is 0 Å². The van der Waals surface area contributed by atoms with Crippen molar-refractivity contribution in [3.8, 4) is 0 Å². The summed E-state index contributed by atoms with van der Waals surface area (Å²) in [5.41, 5.74) is 0. The fourth-order valence-corrected chi connectivity index (χ4v) is 3.77. The number of carbonyl (C=O) groups is 1. The van der Waals surface area contributed by atoms with Crippen LogP contribution in [0.15, 0.2) is 0 Å². The van der Waals surface area contributed by atoms with E-state index in [9.17, 15) is 4.79 Å². The van der Waals surface area contributed by atoms with Crippen LogP contribution in [0.4, 0.5) is 0 Å². The highest BCUT2D eigenvalue weighted by Crippen LogP contribution is 2.25. The molecule has 0 aromatic carbocycles. The fraction of sp³-hybridized carbons (Fsp3) is 0.875. The minimum absolute atomic E-state index is 0.314. The van der Waals surface area contributed by atoms with Gasteiger partial charge in [0.2, 0.25) is 0 Å². The molecule has 0 amide bonds. The Balaban J connectivity index is 2.27. The zero-order valence-electron chi connectivity index (χ0n) is 6.84. The SMILES string of the molecule is CCCC(=O)C1CSCCS1. The standard InChI is InChI=1S/C8H14OS2/c1-2-3-7(9)8-6-10-4-5-11-8/h8H,2-6H2,1H3. The zero-order chi connectivity index (χ0) is 8.10. The molecule has 1 unspecified atom stereocenters. The first-order valence-corrected chi connectivity index (χ1v) is 6.27. The lowest BCUT2D eigenvalue weighted by molar-refractivity contribution is -0.118. The number of hydrogen-bond acceptors (Lipinski definition) is 3. The highest BCUT2D eigenvalue weighted by Gasteiger charge is 2.20. The Labute approximate surface area is 76.7 Å². The summed E-state index contributed by atoms with van der Waals surface area (Å²) in [7, 11) is 0. The normalized spacial score (nSPS) is 25.0. The maximum Gasteiger partial charge on any atom is 0.146 e. The van der Waals surface area contributed by atoms with Crippen LogP contribution in [0.1, 0.15) is 19.8 Å². The van der Waals surface area contributed by atoms with Crippen LogP contribution in [0.25, 0.3) is 0 Å². The van der Waals surface area contributed by atoms with Crippen LogP contribution in [0.3, 0.4) is 0 Å². The van der Waals surface area contributed by atoms with Crippen molar-refractivity contribution in [3.05, 3.63) is 0 Å². The van der Waals surface area contributed by atoms with Crippen molar-refractivity contribution >= 4 is 29.3 Å². The molecule has 1 heterocycles. The maximum absolute atomic E-state index is 11.4. The fourth-order valence-electron chi connectivity index (χ4n) is 1.08. The molecule has 1 aliphatic heterocycles. The lowest BCUT2D eigenvalue weighted by atomic mass is 10.2. The molecule has 1 aliphatic rings. The Morgan fingerprint density at radius 2 is 2.36 bits per heavy atom. The molecule has 1 nitrogen and oxygen atoms in total. The van der Waals surface area contributed by atoms with E-state index in [0.717, 1.165) is 24.3 Å². The Kier molecular flexibility index (Phi) is 4.38. The van der Waals surface area contributed by atoms with Crippen LogP contribution in [0, 0.1) is 0 Å². The lowest BCUT2D eigenvalue weighted by Crippen LogP contribution is -2.23. The van der Waals surface area contributed by atoms with E-state index in [1.165, 1.54) is 5.75 Å². The summed E-state index contributed by atoms with van der Waals surface area (Å²) in [5, 5.41) is 0.314. The van der Waals surface area contributed by atoms with Crippen molar-refractivity contribution in [3.63, 3.8) is 0 Å². The van der Waals surface area contributed by atoms with Crippen LogP contribution >= 0.6 is 23.5 Å². The van der Waals surface area contributed by atoms with Crippen molar-refractivity contribution in [2.24, 2.45) is 0 Å². The highest BCUT2D eigenvalue weighted by atomic mass is 32.2. The van der Waals surface area contributed by atoms with E-state index in [1.54, 1.807) is 0 Å². The van der Waals surface area contributed by atoms with Gasteiger partial charge in [0.05, 0.1) is 5.25 Å². The Morgan fingerprint density at radius 1 is 1.55 bits per heavy atom. The second-order valence-electron chi connectivity index (χ2n) is 2.65. The van der Waals surface area contributed by atoms with E-state index < -0.39 is 0 Å². The molecule has 0 aliphatic carbocycles. The molecule has 0 radical (unpaired) electrons. The maximum atomic E-state index is 11.4. The van der Waals surface area contributed by atoms with Gasteiger partial charge in [0.1, 0.15) is 5.78 Å². The largest absolute Gasteiger partial charge is 0.298 e. The monoisotopic (exact) mass is 190 g/mol. The number of rotatable bonds is 3. The number of thioether (sulfide) groups is 2. The Bertz CT molecular complexity index is 130. The van der Waals surface area contributed by atoms with Gasteiger partial charge in [0.15, 0.2) is 0 Å². The predicted octanol–water partition coefficient (Wildman–Crippen LogP) is 2.20. The first-order valence-electron chi connectivity index (χ1n) is 4.06. The van der Waals surface area contributed by atoms with Crippen LogP contribution in [-0.2, 0) is 4.79 Å². The van der Waals surface area contributed by atoms with Crippen molar-refractivity contribution in [1.29, 1.82) is 0 Å². The molecule has 11 heavy (non-hydrogen) atoms. The first kappa shape index (κ1) is 9.46. The average molecular weight is 190 g/mol. The van der Waals surface area contributed by atoms with E-state index in [0.29, 0.717) is 11.0 Å². The lowest BCUT2D eigenvalue weighted by Gasteiger charge is -2.19.